The number of rotatable bonds is 4. The van der Waals surface area contributed by atoms with E-state index in [0.29, 0.717) is 6.04 Å². The summed E-state index contributed by atoms with van der Waals surface area (Å²) in [6.45, 7) is 5.07. The van der Waals surface area contributed by atoms with E-state index in [1.54, 1.807) is 0 Å². The lowest BCUT2D eigenvalue weighted by molar-refractivity contribution is 0.182. The van der Waals surface area contributed by atoms with Crippen LogP contribution in [0.1, 0.15) is 26.7 Å². The van der Waals surface area contributed by atoms with Crippen LogP contribution in [0.4, 0.5) is 0 Å². The molecule has 3 unspecified atom stereocenters. The van der Waals surface area contributed by atoms with E-state index in [2.05, 4.69) is 12.2 Å². The summed E-state index contributed by atoms with van der Waals surface area (Å²) in [5.41, 5.74) is 0. The number of thioether (sulfide) groups is 1. The van der Waals surface area contributed by atoms with Crippen LogP contribution in [0.25, 0.3) is 0 Å². The summed E-state index contributed by atoms with van der Waals surface area (Å²) in [6, 6.07) is 0.684. The average Bonchev–Trinajstić information content (AvgIpc) is 2.35. The van der Waals surface area contributed by atoms with Crippen LogP contribution >= 0.6 is 11.8 Å². The molecule has 0 aromatic heterocycles. The molecule has 3 heteroatoms. The van der Waals surface area contributed by atoms with Gasteiger partial charge in [0.1, 0.15) is 0 Å². The number of hydrogen-bond acceptors (Lipinski definition) is 3. The highest BCUT2D eigenvalue weighted by molar-refractivity contribution is 8.00. The van der Waals surface area contributed by atoms with Crippen LogP contribution in [0.5, 0.6) is 0 Å². The molecule has 12 heavy (non-hydrogen) atoms. The molecule has 0 spiro atoms. The third kappa shape index (κ3) is 3.78. The van der Waals surface area contributed by atoms with Crippen molar-refractivity contribution in [1.29, 1.82) is 0 Å². The van der Waals surface area contributed by atoms with Crippen LogP contribution in [0.2, 0.25) is 0 Å². The fourth-order valence-electron chi connectivity index (χ4n) is 1.46. The molecule has 0 aliphatic carbocycles. The van der Waals surface area contributed by atoms with Crippen molar-refractivity contribution in [3.05, 3.63) is 0 Å². The Labute approximate surface area is 79.1 Å². The summed E-state index contributed by atoms with van der Waals surface area (Å²) in [6.07, 6.45) is 1.99. The molecular weight excluding hydrogens is 170 g/mol. The summed E-state index contributed by atoms with van der Waals surface area (Å²) in [5, 5.41) is 13.3. The van der Waals surface area contributed by atoms with Gasteiger partial charge < -0.3 is 10.4 Å². The summed E-state index contributed by atoms with van der Waals surface area (Å²) < 4.78 is 0. The van der Waals surface area contributed by atoms with Crippen LogP contribution in [0, 0.1) is 0 Å². The SMILES string of the molecule is CC(O)CCNC1CSC(C)C1. The zero-order valence-corrected chi connectivity index (χ0v) is 8.73. The Morgan fingerprint density at radius 2 is 2.42 bits per heavy atom. The fourth-order valence-corrected chi connectivity index (χ4v) is 2.64. The second-order valence-corrected chi connectivity index (χ2v) is 5.14. The Balaban J connectivity index is 2.00. The summed E-state index contributed by atoms with van der Waals surface area (Å²) in [7, 11) is 0. The normalized spacial score (nSPS) is 32.2. The van der Waals surface area contributed by atoms with Gasteiger partial charge in [-0.3, -0.25) is 0 Å². The predicted octanol–water partition coefficient (Wildman–Crippen LogP) is 1.24. The molecule has 2 N–H and O–H groups in total. The predicted molar refractivity (Wildman–Crippen MR) is 54.6 cm³/mol. The van der Waals surface area contributed by atoms with E-state index in [4.69, 9.17) is 5.11 Å². The zero-order chi connectivity index (χ0) is 8.97. The minimum absolute atomic E-state index is 0.163. The maximum absolute atomic E-state index is 9.03. The van der Waals surface area contributed by atoms with E-state index in [-0.39, 0.29) is 6.10 Å². The standard InChI is InChI=1S/C9H19NOS/c1-7(11)3-4-10-9-5-8(2)12-6-9/h7-11H,3-6H2,1-2H3. The summed E-state index contributed by atoms with van der Waals surface area (Å²) >= 11 is 2.04. The van der Waals surface area contributed by atoms with Gasteiger partial charge in [0.25, 0.3) is 0 Å². The molecule has 3 atom stereocenters. The molecule has 1 aliphatic heterocycles. The molecule has 0 aromatic rings. The maximum Gasteiger partial charge on any atom is 0.0524 e. The lowest BCUT2D eigenvalue weighted by Gasteiger charge is -2.11. The molecule has 1 saturated heterocycles. The lowest BCUT2D eigenvalue weighted by Crippen LogP contribution is -2.31. The van der Waals surface area contributed by atoms with Gasteiger partial charge in [0, 0.05) is 17.0 Å². The van der Waals surface area contributed by atoms with Crippen LogP contribution in [0.3, 0.4) is 0 Å². The third-order valence-electron chi connectivity index (χ3n) is 2.19. The highest BCUT2D eigenvalue weighted by Crippen LogP contribution is 2.25. The first-order valence-corrected chi connectivity index (χ1v) is 5.76. The van der Waals surface area contributed by atoms with Gasteiger partial charge in [-0.15, -0.1) is 0 Å². The molecule has 0 amide bonds. The fraction of sp³-hybridized carbons (Fsp3) is 1.00. The van der Waals surface area contributed by atoms with Gasteiger partial charge in [-0.1, -0.05) is 6.92 Å². The largest absolute Gasteiger partial charge is 0.393 e. The number of aliphatic hydroxyl groups excluding tert-OH is 1. The first-order valence-electron chi connectivity index (χ1n) is 4.71. The van der Waals surface area contributed by atoms with Gasteiger partial charge in [0.05, 0.1) is 6.10 Å². The van der Waals surface area contributed by atoms with Gasteiger partial charge in [-0.2, -0.15) is 11.8 Å². The molecule has 0 aromatic carbocycles. The Bertz CT molecular complexity index is 130. The summed E-state index contributed by atoms with van der Waals surface area (Å²) in [4.78, 5) is 0. The van der Waals surface area contributed by atoms with E-state index in [9.17, 15) is 0 Å². The Kier molecular flexibility index (Phi) is 4.40. The van der Waals surface area contributed by atoms with Gasteiger partial charge in [0.15, 0.2) is 0 Å². The van der Waals surface area contributed by atoms with E-state index in [1.807, 2.05) is 18.7 Å². The van der Waals surface area contributed by atoms with Crippen LogP contribution < -0.4 is 5.32 Å². The average molecular weight is 189 g/mol. The molecule has 0 saturated carbocycles. The quantitative estimate of drug-likeness (QED) is 0.698. The molecule has 1 fully saturated rings. The van der Waals surface area contributed by atoms with Crippen molar-refractivity contribution in [2.75, 3.05) is 12.3 Å². The molecule has 0 bridgehead atoms. The van der Waals surface area contributed by atoms with E-state index in [1.165, 1.54) is 12.2 Å². The first-order chi connectivity index (χ1) is 5.68. The molecular formula is C9H19NOS. The van der Waals surface area contributed by atoms with Gasteiger partial charge in [-0.25, -0.2) is 0 Å². The molecule has 2 nitrogen and oxygen atoms in total. The molecule has 1 aliphatic rings. The van der Waals surface area contributed by atoms with Crippen molar-refractivity contribution < 1.29 is 5.11 Å². The Hall–Kier alpha value is 0.270. The zero-order valence-electron chi connectivity index (χ0n) is 7.92. The topological polar surface area (TPSA) is 32.3 Å². The molecule has 1 heterocycles. The summed E-state index contributed by atoms with van der Waals surface area (Å²) in [5.74, 6) is 1.24. The Morgan fingerprint density at radius 1 is 1.67 bits per heavy atom. The van der Waals surface area contributed by atoms with Crippen LogP contribution in [-0.4, -0.2) is 34.8 Å². The monoisotopic (exact) mass is 189 g/mol. The highest BCUT2D eigenvalue weighted by atomic mass is 32.2. The van der Waals surface area contributed by atoms with E-state index in [0.717, 1.165) is 18.2 Å². The van der Waals surface area contributed by atoms with Crippen molar-refractivity contribution >= 4 is 11.8 Å². The minimum Gasteiger partial charge on any atom is -0.393 e. The lowest BCUT2D eigenvalue weighted by atomic mass is 10.2. The third-order valence-corrected chi connectivity index (χ3v) is 3.55. The van der Waals surface area contributed by atoms with Crippen LogP contribution in [-0.2, 0) is 0 Å². The number of nitrogens with one attached hydrogen (secondary N) is 1. The van der Waals surface area contributed by atoms with Gasteiger partial charge in [0.2, 0.25) is 0 Å². The van der Waals surface area contributed by atoms with Gasteiger partial charge >= 0.3 is 0 Å². The highest BCUT2D eigenvalue weighted by Gasteiger charge is 2.20. The minimum atomic E-state index is -0.163. The van der Waals surface area contributed by atoms with Crippen molar-refractivity contribution in [3.63, 3.8) is 0 Å². The van der Waals surface area contributed by atoms with E-state index < -0.39 is 0 Å². The van der Waals surface area contributed by atoms with Crippen molar-refractivity contribution in [2.24, 2.45) is 0 Å². The van der Waals surface area contributed by atoms with Crippen molar-refractivity contribution in [3.8, 4) is 0 Å². The van der Waals surface area contributed by atoms with Crippen LogP contribution in [0.15, 0.2) is 0 Å². The molecule has 0 radical (unpaired) electrons. The number of aliphatic hydroxyl groups is 1. The second-order valence-electron chi connectivity index (χ2n) is 3.67. The smallest absolute Gasteiger partial charge is 0.0524 e. The first kappa shape index (κ1) is 10.4. The van der Waals surface area contributed by atoms with Crippen molar-refractivity contribution in [1.82, 2.24) is 5.32 Å². The number of hydrogen-bond donors (Lipinski definition) is 2. The van der Waals surface area contributed by atoms with Crippen molar-refractivity contribution in [2.45, 2.75) is 44.1 Å². The Morgan fingerprint density at radius 3 is 2.92 bits per heavy atom. The molecule has 72 valence electrons. The second kappa shape index (κ2) is 5.10. The molecule has 1 rings (SSSR count). The maximum atomic E-state index is 9.03. The van der Waals surface area contributed by atoms with E-state index >= 15 is 0 Å². The van der Waals surface area contributed by atoms with Gasteiger partial charge in [-0.05, 0) is 26.3 Å².